The van der Waals surface area contributed by atoms with E-state index in [1.807, 2.05) is 52.5 Å². The third kappa shape index (κ3) is 2.96. The van der Waals surface area contributed by atoms with Crippen LogP contribution in [0.3, 0.4) is 0 Å². The van der Waals surface area contributed by atoms with Gasteiger partial charge in [0.15, 0.2) is 0 Å². The molecule has 3 aromatic rings. The molecule has 0 bridgehead atoms. The van der Waals surface area contributed by atoms with Crippen LogP contribution in [0.2, 0.25) is 0 Å². The van der Waals surface area contributed by atoms with Crippen molar-refractivity contribution in [3.63, 3.8) is 0 Å². The smallest absolute Gasteiger partial charge is 0.0835 e. The van der Waals surface area contributed by atoms with E-state index in [1.54, 1.807) is 0 Å². The van der Waals surface area contributed by atoms with Crippen molar-refractivity contribution in [3.8, 4) is 5.69 Å². The monoisotopic (exact) mass is 283 g/mol. The predicted octanol–water partition coefficient (Wildman–Crippen LogP) is 3.68. The fourth-order valence-corrected chi connectivity index (χ4v) is 3.08. The number of nitrogens with zero attached hydrogens (tertiary/aromatic N) is 3. The van der Waals surface area contributed by atoms with Crippen molar-refractivity contribution in [1.29, 1.82) is 0 Å². The fourth-order valence-electron chi connectivity index (χ4n) is 2.12. The predicted molar refractivity (Wildman–Crippen MR) is 82.5 cm³/mol. The van der Waals surface area contributed by atoms with Gasteiger partial charge in [-0.15, -0.1) is 16.4 Å². The van der Waals surface area contributed by atoms with Crippen LogP contribution < -0.4 is 0 Å². The molecule has 2 heterocycles. The average Bonchev–Trinajstić information content (AvgIpc) is 3.15. The molecule has 20 heavy (non-hydrogen) atoms. The van der Waals surface area contributed by atoms with Crippen molar-refractivity contribution in [2.75, 3.05) is 0 Å². The quantitative estimate of drug-likeness (QED) is 0.715. The minimum atomic E-state index is 0.941. The number of rotatable bonds is 5. The normalized spacial score (nSPS) is 10.8. The van der Waals surface area contributed by atoms with Crippen LogP contribution in [0.25, 0.3) is 5.69 Å². The van der Waals surface area contributed by atoms with Gasteiger partial charge in [-0.25, -0.2) is 4.68 Å². The molecule has 3 nitrogen and oxygen atoms in total. The first-order chi connectivity index (χ1) is 9.85. The summed E-state index contributed by atoms with van der Waals surface area (Å²) in [6.07, 6.45) is 5.12. The Labute approximate surface area is 122 Å². The second kappa shape index (κ2) is 6.01. The van der Waals surface area contributed by atoms with E-state index in [0.29, 0.717) is 0 Å². The lowest BCUT2D eigenvalue weighted by Crippen LogP contribution is -1.93. The van der Waals surface area contributed by atoms with Crippen molar-refractivity contribution in [3.05, 3.63) is 64.1 Å². The van der Waals surface area contributed by atoms with E-state index in [4.69, 9.17) is 0 Å². The van der Waals surface area contributed by atoms with E-state index < -0.39 is 0 Å². The lowest BCUT2D eigenvalue weighted by atomic mass is 10.2. The van der Waals surface area contributed by atoms with Gasteiger partial charge < -0.3 is 0 Å². The molecule has 0 saturated heterocycles. The largest absolute Gasteiger partial charge is 0.220 e. The van der Waals surface area contributed by atoms with E-state index in [0.717, 1.165) is 30.6 Å². The van der Waals surface area contributed by atoms with Crippen LogP contribution in [0.4, 0.5) is 0 Å². The van der Waals surface area contributed by atoms with Crippen LogP contribution in [0.15, 0.2) is 48.7 Å². The van der Waals surface area contributed by atoms with Crippen LogP contribution in [0.5, 0.6) is 0 Å². The molecule has 3 rings (SSSR count). The molecular formula is C16H17N3S. The maximum atomic E-state index is 4.25. The molecule has 0 fully saturated rings. The van der Waals surface area contributed by atoms with Gasteiger partial charge in [0.1, 0.15) is 0 Å². The number of para-hydroxylation sites is 1. The van der Waals surface area contributed by atoms with E-state index in [-0.39, 0.29) is 0 Å². The van der Waals surface area contributed by atoms with E-state index in [2.05, 4.69) is 29.4 Å². The highest BCUT2D eigenvalue weighted by Crippen LogP contribution is 2.18. The standard InChI is InChI=1S/C16H17N3S/c1-2-15-10-11-16(20-15)9-8-13-12-19(18-17-13)14-6-4-3-5-7-14/h3-7,10-12H,2,8-9H2,1H3. The van der Waals surface area contributed by atoms with Gasteiger partial charge in [0.2, 0.25) is 0 Å². The van der Waals surface area contributed by atoms with Crippen LogP contribution >= 0.6 is 11.3 Å². The van der Waals surface area contributed by atoms with Crippen molar-refractivity contribution in [2.24, 2.45) is 0 Å². The molecule has 0 spiro atoms. The first-order valence-corrected chi connectivity index (χ1v) is 7.71. The topological polar surface area (TPSA) is 30.7 Å². The number of benzene rings is 1. The minimum absolute atomic E-state index is 0.941. The molecule has 0 unspecified atom stereocenters. The fraction of sp³-hybridized carbons (Fsp3) is 0.250. The zero-order valence-electron chi connectivity index (χ0n) is 11.5. The molecule has 2 aromatic heterocycles. The number of aromatic nitrogens is 3. The molecule has 0 saturated carbocycles. The van der Waals surface area contributed by atoms with Gasteiger partial charge in [-0.1, -0.05) is 30.3 Å². The molecule has 0 N–H and O–H groups in total. The molecule has 0 amide bonds. The molecular weight excluding hydrogens is 266 g/mol. The first kappa shape index (κ1) is 13.1. The first-order valence-electron chi connectivity index (χ1n) is 6.89. The molecule has 1 aromatic carbocycles. The third-order valence-corrected chi connectivity index (χ3v) is 4.54. The number of aryl methyl sites for hydroxylation is 3. The third-order valence-electron chi connectivity index (χ3n) is 3.25. The minimum Gasteiger partial charge on any atom is -0.220 e. The maximum Gasteiger partial charge on any atom is 0.0835 e. The van der Waals surface area contributed by atoms with Crippen molar-refractivity contribution < 1.29 is 0 Å². The van der Waals surface area contributed by atoms with Crippen LogP contribution in [0.1, 0.15) is 22.4 Å². The molecule has 0 aliphatic carbocycles. The Morgan fingerprint density at radius 1 is 1.00 bits per heavy atom. The summed E-state index contributed by atoms with van der Waals surface area (Å²) in [6.45, 7) is 2.20. The van der Waals surface area contributed by atoms with Gasteiger partial charge >= 0.3 is 0 Å². The zero-order valence-corrected chi connectivity index (χ0v) is 12.3. The number of thiophene rings is 1. The summed E-state index contributed by atoms with van der Waals surface area (Å²) < 4.78 is 1.83. The highest BCUT2D eigenvalue weighted by atomic mass is 32.1. The second-order valence-electron chi connectivity index (χ2n) is 4.71. The van der Waals surface area contributed by atoms with Gasteiger partial charge in [-0.2, -0.15) is 0 Å². The Bertz CT molecular complexity index is 670. The number of hydrogen-bond acceptors (Lipinski definition) is 3. The summed E-state index contributed by atoms with van der Waals surface area (Å²) in [7, 11) is 0. The molecule has 0 radical (unpaired) electrons. The molecule has 0 aliphatic rings. The summed E-state index contributed by atoms with van der Waals surface area (Å²) in [6, 6.07) is 14.5. The summed E-state index contributed by atoms with van der Waals surface area (Å²) >= 11 is 1.90. The average molecular weight is 283 g/mol. The van der Waals surface area contributed by atoms with E-state index in [1.165, 1.54) is 9.75 Å². The van der Waals surface area contributed by atoms with E-state index in [9.17, 15) is 0 Å². The van der Waals surface area contributed by atoms with Crippen LogP contribution in [-0.2, 0) is 19.3 Å². The molecule has 0 aliphatic heterocycles. The van der Waals surface area contributed by atoms with Crippen molar-refractivity contribution >= 4 is 11.3 Å². The second-order valence-corrected chi connectivity index (χ2v) is 5.96. The highest BCUT2D eigenvalue weighted by molar-refractivity contribution is 7.11. The zero-order chi connectivity index (χ0) is 13.8. The number of hydrogen-bond donors (Lipinski definition) is 0. The summed E-state index contributed by atoms with van der Waals surface area (Å²) in [5.74, 6) is 0. The Morgan fingerprint density at radius 3 is 2.55 bits per heavy atom. The molecule has 4 heteroatoms. The van der Waals surface area contributed by atoms with Gasteiger partial charge in [-0.05, 0) is 43.5 Å². The highest BCUT2D eigenvalue weighted by Gasteiger charge is 2.04. The maximum absolute atomic E-state index is 4.25. The Balaban J connectivity index is 1.65. The van der Waals surface area contributed by atoms with Gasteiger partial charge in [0, 0.05) is 9.75 Å². The van der Waals surface area contributed by atoms with Crippen molar-refractivity contribution in [1.82, 2.24) is 15.0 Å². The van der Waals surface area contributed by atoms with Gasteiger partial charge in [-0.3, -0.25) is 0 Å². The Morgan fingerprint density at radius 2 is 1.80 bits per heavy atom. The van der Waals surface area contributed by atoms with E-state index >= 15 is 0 Å². The van der Waals surface area contributed by atoms with Gasteiger partial charge in [0.25, 0.3) is 0 Å². The molecule has 0 atom stereocenters. The van der Waals surface area contributed by atoms with Crippen LogP contribution in [-0.4, -0.2) is 15.0 Å². The molecule has 102 valence electrons. The van der Waals surface area contributed by atoms with Gasteiger partial charge in [0.05, 0.1) is 17.6 Å². The summed E-state index contributed by atoms with van der Waals surface area (Å²) in [5.41, 5.74) is 2.09. The van der Waals surface area contributed by atoms with Crippen molar-refractivity contribution in [2.45, 2.75) is 26.2 Å². The Hall–Kier alpha value is -1.94. The Kier molecular flexibility index (Phi) is 3.92. The summed E-state index contributed by atoms with van der Waals surface area (Å²) in [4.78, 5) is 2.88. The lowest BCUT2D eigenvalue weighted by molar-refractivity contribution is 0.794. The summed E-state index contributed by atoms with van der Waals surface area (Å²) in [5, 5.41) is 8.44. The van der Waals surface area contributed by atoms with Crippen LogP contribution in [0, 0.1) is 0 Å². The lowest BCUT2D eigenvalue weighted by Gasteiger charge is -1.97. The SMILES string of the molecule is CCc1ccc(CCc2cn(-c3ccccc3)nn2)s1.